The van der Waals surface area contributed by atoms with Crippen molar-refractivity contribution in [3.8, 4) is 5.75 Å². The van der Waals surface area contributed by atoms with Crippen molar-refractivity contribution in [1.82, 2.24) is 10.3 Å². The number of methoxy groups -OCH3 is 1. The zero-order valence-corrected chi connectivity index (χ0v) is 13.0. The summed E-state index contributed by atoms with van der Waals surface area (Å²) in [5.41, 5.74) is 0.876. The molecule has 0 bridgehead atoms. The van der Waals surface area contributed by atoms with Crippen LogP contribution in [0.1, 0.15) is 33.9 Å². The highest BCUT2D eigenvalue weighted by Gasteiger charge is 2.16. The van der Waals surface area contributed by atoms with Crippen molar-refractivity contribution >= 4 is 23.2 Å². The average molecular weight is 320 g/mol. The van der Waals surface area contributed by atoms with Gasteiger partial charge in [0.05, 0.1) is 19.6 Å². The fourth-order valence-corrected chi connectivity index (χ4v) is 2.56. The molecule has 1 aromatic heterocycles. The SMILES string of the molecule is COc1ccc(C(C)C(=O)NCc2nc(C(=O)O)cs2)cc1. The second-order valence-corrected chi connectivity index (χ2v) is 5.59. The molecule has 0 saturated heterocycles. The van der Waals surface area contributed by atoms with E-state index < -0.39 is 5.97 Å². The van der Waals surface area contributed by atoms with Gasteiger partial charge in [0, 0.05) is 5.38 Å². The Bertz CT molecular complexity index is 666. The van der Waals surface area contributed by atoms with Crippen molar-refractivity contribution in [2.45, 2.75) is 19.4 Å². The first-order chi connectivity index (χ1) is 10.5. The first kappa shape index (κ1) is 16.0. The molecule has 0 aliphatic carbocycles. The molecular formula is C15H16N2O4S. The molecule has 7 heteroatoms. The van der Waals surface area contributed by atoms with Crippen LogP contribution < -0.4 is 10.1 Å². The summed E-state index contributed by atoms with van der Waals surface area (Å²) < 4.78 is 5.08. The Labute approximate surface area is 131 Å². The van der Waals surface area contributed by atoms with E-state index in [-0.39, 0.29) is 24.1 Å². The molecule has 1 unspecified atom stereocenters. The number of carbonyl (C=O) groups excluding carboxylic acids is 1. The van der Waals surface area contributed by atoms with E-state index >= 15 is 0 Å². The van der Waals surface area contributed by atoms with Gasteiger partial charge < -0.3 is 15.2 Å². The third-order valence-corrected chi connectivity index (χ3v) is 4.04. The smallest absolute Gasteiger partial charge is 0.355 e. The van der Waals surface area contributed by atoms with Crippen molar-refractivity contribution in [2.24, 2.45) is 0 Å². The van der Waals surface area contributed by atoms with Crippen LogP contribution >= 0.6 is 11.3 Å². The Morgan fingerprint density at radius 2 is 2.05 bits per heavy atom. The van der Waals surface area contributed by atoms with Gasteiger partial charge in [0.15, 0.2) is 5.69 Å². The van der Waals surface area contributed by atoms with Crippen molar-refractivity contribution in [1.29, 1.82) is 0 Å². The van der Waals surface area contributed by atoms with Crippen LogP contribution in [-0.4, -0.2) is 29.1 Å². The van der Waals surface area contributed by atoms with E-state index in [1.165, 1.54) is 16.7 Å². The van der Waals surface area contributed by atoms with Crippen LogP contribution in [0.2, 0.25) is 0 Å². The molecule has 116 valence electrons. The average Bonchev–Trinajstić information content (AvgIpc) is 3.01. The van der Waals surface area contributed by atoms with Crippen LogP contribution in [0.4, 0.5) is 0 Å². The molecule has 0 aliphatic rings. The number of benzene rings is 1. The number of hydrogen-bond acceptors (Lipinski definition) is 5. The van der Waals surface area contributed by atoms with Crippen molar-refractivity contribution in [3.63, 3.8) is 0 Å². The normalized spacial score (nSPS) is 11.7. The van der Waals surface area contributed by atoms with Crippen LogP contribution in [0.5, 0.6) is 5.75 Å². The fourth-order valence-electron chi connectivity index (χ4n) is 1.85. The van der Waals surface area contributed by atoms with E-state index in [0.29, 0.717) is 5.01 Å². The Balaban J connectivity index is 1.94. The summed E-state index contributed by atoms with van der Waals surface area (Å²) in [6.07, 6.45) is 0. The topological polar surface area (TPSA) is 88.5 Å². The van der Waals surface area contributed by atoms with E-state index in [2.05, 4.69) is 10.3 Å². The summed E-state index contributed by atoms with van der Waals surface area (Å²) in [6.45, 7) is 2.03. The third-order valence-electron chi connectivity index (χ3n) is 3.19. The molecule has 0 saturated carbocycles. The van der Waals surface area contributed by atoms with E-state index in [0.717, 1.165) is 11.3 Å². The van der Waals surface area contributed by atoms with Crippen LogP contribution in [0.25, 0.3) is 0 Å². The Kier molecular flexibility index (Phi) is 5.11. The van der Waals surface area contributed by atoms with Gasteiger partial charge in [-0.05, 0) is 24.6 Å². The van der Waals surface area contributed by atoms with Gasteiger partial charge in [0.1, 0.15) is 10.8 Å². The van der Waals surface area contributed by atoms with Crippen LogP contribution in [0.15, 0.2) is 29.6 Å². The number of nitrogens with zero attached hydrogens (tertiary/aromatic N) is 1. The summed E-state index contributed by atoms with van der Waals surface area (Å²) in [4.78, 5) is 26.8. The zero-order chi connectivity index (χ0) is 16.1. The predicted octanol–water partition coefficient (Wildman–Crippen LogP) is 2.27. The molecule has 2 rings (SSSR count). The van der Waals surface area contributed by atoms with Gasteiger partial charge >= 0.3 is 5.97 Å². The van der Waals surface area contributed by atoms with Gasteiger partial charge in [-0.2, -0.15) is 0 Å². The summed E-state index contributed by atoms with van der Waals surface area (Å²) in [6, 6.07) is 7.29. The number of aromatic carboxylic acids is 1. The molecule has 1 aromatic carbocycles. The number of thiazole rings is 1. The number of carboxylic acids is 1. The number of aromatic nitrogens is 1. The summed E-state index contributed by atoms with van der Waals surface area (Å²) >= 11 is 1.21. The van der Waals surface area contributed by atoms with Gasteiger partial charge in [-0.25, -0.2) is 9.78 Å². The largest absolute Gasteiger partial charge is 0.497 e. The zero-order valence-electron chi connectivity index (χ0n) is 12.2. The summed E-state index contributed by atoms with van der Waals surface area (Å²) in [5.74, 6) is -0.789. The molecular weight excluding hydrogens is 304 g/mol. The number of rotatable bonds is 6. The minimum atomic E-state index is -1.07. The van der Waals surface area contributed by atoms with Gasteiger partial charge in [0.2, 0.25) is 5.91 Å². The van der Waals surface area contributed by atoms with Crippen LogP contribution in [0, 0.1) is 0 Å². The molecule has 0 spiro atoms. The second-order valence-electron chi connectivity index (χ2n) is 4.64. The van der Waals surface area contributed by atoms with Gasteiger partial charge in [-0.3, -0.25) is 4.79 Å². The molecule has 0 fully saturated rings. The maximum absolute atomic E-state index is 12.1. The molecule has 1 heterocycles. The lowest BCUT2D eigenvalue weighted by Gasteiger charge is -2.12. The summed E-state index contributed by atoms with van der Waals surface area (Å²) in [7, 11) is 1.59. The fraction of sp³-hybridized carbons (Fsp3) is 0.267. The van der Waals surface area contributed by atoms with Gasteiger partial charge in [-0.15, -0.1) is 11.3 Å². The first-order valence-electron chi connectivity index (χ1n) is 6.60. The lowest BCUT2D eigenvalue weighted by Crippen LogP contribution is -2.27. The lowest BCUT2D eigenvalue weighted by molar-refractivity contribution is -0.122. The highest BCUT2D eigenvalue weighted by molar-refractivity contribution is 7.09. The van der Waals surface area contributed by atoms with Gasteiger partial charge in [0.25, 0.3) is 0 Å². The molecule has 6 nitrogen and oxygen atoms in total. The van der Waals surface area contributed by atoms with Crippen molar-refractivity contribution < 1.29 is 19.4 Å². The van der Waals surface area contributed by atoms with Gasteiger partial charge in [-0.1, -0.05) is 12.1 Å². The van der Waals surface area contributed by atoms with Crippen LogP contribution in [0.3, 0.4) is 0 Å². The lowest BCUT2D eigenvalue weighted by atomic mass is 10.0. The maximum atomic E-state index is 12.1. The minimum absolute atomic E-state index is 0.00236. The van der Waals surface area contributed by atoms with Crippen LogP contribution in [-0.2, 0) is 11.3 Å². The van der Waals surface area contributed by atoms with Crippen molar-refractivity contribution in [2.75, 3.05) is 7.11 Å². The van der Waals surface area contributed by atoms with E-state index in [1.54, 1.807) is 19.2 Å². The monoisotopic (exact) mass is 320 g/mol. The molecule has 0 radical (unpaired) electrons. The molecule has 2 aromatic rings. The second kappa shape index (κ2) is 7.04. The van der Waals surface area contributed by atoms with E-state index in [1.807, 2.05) is 19.1 Å². The van der Waals surface area contributed by atoms with Crippen molar-refractivity contribution in [3.05, 3.63) is 45.9 Å². The molecule has 2 N–H and O–H groups in total. The quantitative estimate of drug-likeness (QED) is 0.852. The highest BCUT2D eigenvalue weighted by Crippen LogP contribution is 2.19. The Morgan fingerprint density at radius 1 is 1.36 bits per heavy atom. The minimum Gasteiger partial charge on any atom is -0.497 e. The maximum Gasteiger partial charge on any atom is 0.355 e. The number of amides is 1. The number of carboxylic acid groups (broad SMARTS) is 1. The standard InChI is InChI=1S/C15H16N2O4S/c1-9(10-3-5-11(21-2)6-4-10)14(18)16-7-13-17-12(8-22-13)15(19)20/h3-6,8-9H,7H2,1-2H3,(H,16,18)(H,19,20). The summed E-state index contributed by atoms with van der Waals surface area (Å²) in [5, 5.41) is 13.6. The predicted molar refractivity (Wildman–Crippen MR) is 82.3 cm³/mol. The number of hydrogen-bond donors (Lipinski definition) is 2. The van der Waals surface area contributed by atoms with E-state index in [9.17, 15) is 9.59 Å². The van der Waals surface area contributed by atoms with E-state index in [4.69, 9.17) is 9.84 Å². The number of ether oxygens (including phenoxy) is 1. The molecule has 1 amide bonds. The first-order valence-corrected chi connectivity index (χ1v) is 7.48. The highest BCUT2D eigenvalue weighted by atomic mass is 32.1. The molecule has 0 aliphatic heterocycles. The Hall–Kier alpha value is -2.41. The number of carbonyl (C=O) groups is 2. The number of nitrogens with one attached hydrogen (secondary N) is 1. The molecule has 1 atom stereocenters. The third kappa shape index (κ3) is 3.82. The molecule has 22 heavy (non-hydrogen) atoms. The Morgan fingerprint density at radius 3 is 2.59 bits per heavy atom.